The normalized spacial score (nSPS) is 17.9. The number of nitrogens with zero attached hydrogens (tertiary/aromatic N) is 1. The molecule has 3 nitrogen and oxygen atoms in total. The standard InChI is InChI=1S/C12H18N2O/c1-10-3-2-4-11(12(10)13)9-14-5-7-15-8-6-14/h2-4H,5-9,13H2,1H3. The molecule has 1 fully saturated rings. The number of aryl methyl sites for hydroxylation is 1. The minimum absolute atomic E-state index is 0.839. The summed E-state index contributed by atoms with van der Waals surface area (Å²) in [4.78, 5) is 2.38. The Bertz CT molecular complexity index is 332. The van der Waals surface area contributed by atoms with E-state index >= 15 is 0 Å². The lowest BCUT2D eigenvalue weighted by Gasteiger charge is -2.27. The lowest BCUT2D eigenvalue weighted by Crippen LogP contribution is -2.35. The Kier molecular flexibility index (Phi) is 3.23. The van der Waals surface area contributed by atoms with Crippen molar-refractivity contribution in [2.24, 2.45) is 0 Å². The van der Waals surface area contributed by atoms with Gasteiger partial charge in [-0.25, -0.2) is 0 Å². The number of hydrogen-bond donors (Lipinski definition) is 1. The minimum Gasteiger partial charge on any atom is -0.398 e. The molecule has 15 heavy (non-hydrogen) atoms. The zero-order valence-corrected chi connectivity index (χ0v) is 9.20. The van der Waals surface area contributed by atoms with Crippen molar-refractivity contribution < 1.29 is 4.74 Å². The zero-order valence-electron chi connectivity index (χ0n) is 9.20. The van der Waals surface area contributed by atoms with E-state index in [-0.39, 0.29) is 0 Å². The molecule has 2 N–H and O–H groups in total. The third-order valence-corrected chi connectivity index (χ3v) is 2.91. The lowest BCUT2D eigenvalue weighted by atomic mass is 10.1. The van der Waals surface area contributed by atoms with E-state index in [0.29, 0.717) is 0 Å². The predicted octanol–water partition coefficient (Wildman–Crippen LogP) is 1.41. The molecule has 3 heteroatoms. The maximum Gasteiger partial charge on any atom is 0.0594 e. The summed E-state index contributed by atoms with van der Waals surface area (Å²) in [7, 11) is 0. The molecule has 1 heterocycles. The van der Waals surface area contributed by atoms with E-state index < -0.39 is 0 Å². The molecule has 0 aromatic heterocycles. The summed E-state index contributed by atoms with van der Waals surface area (Å²) in [6.45, 7) is 6.69. The molecule has 1 aliphatic rings. The van der Waals surface area contributed by atoms with Crippen LogP contribution >= 0.6 is 0 Å². The third-order valence-electron chi connectivity index (χ3n) is 2.91. The number of ether oxygens (including phenoxy) is 1. The first-order valence-electron chi connectivity index (χ1n) is 5.41. The molecule has 1 aliphatic heterocycles. The summed E-state index contributed by atoms with van der Waals surface area (Å²) in [6.07, 6.45) is 0. The Morgan fingerprint density at radius 2 is 2.07 bits per heavy atom. The largest absolute Gasteiger partial charge is 0.398 e. The van der Waals surface area contributed by atoms with Crippen LogP contribution < -0.4 is 5.73 Å². The molecule has 1 saturated heterocycles. The molecule has 0 atom stereocenters. The highest BCUT2D eigenvalue weighted by molar-refractivity contribution is 5.52. The smallest absolute Gasteiger partial charge is 0.0594 e. The van der Waals surface area contributed by atoms with Gasteiger partial charge in [-0.3, -0.25) is 4.90 Å². The first kappa shape index (κ1) is 10.5. The van der Waals surface area contributed by atoms with Crippen LogP contribution in [0.25, 0.3) is 0 Å². The Labute approximate surface area is 90.8 Å². The van der Waals surface area contributed by atoms with E-state index in [4.69, 9.17) is 10.5 Å². The Balaban J connectivity index is 2.06. The predicted molar refractivity (Wildman–Crippen MR) is 61.7 cm³/mol. The summed E-state index contributed by atoms with van der Waals surface area (Å²) in [6, 6.07) is 6.23. The van der Waals surface area contributed by atoms with Gasteiger partial charge in [-0.1, -0.05) is 18.2 Å². The molecule has 2 rings (SSSR count). The second-order valence-electron chi connectivity index (χ2n) is 4.04. The SMILES string of the molecule is Cc1cccc(CN2CCOCC2)c1N. The summed E-state index contributed by atoms with van der Waals surface area (Å²) in [5.41, 5.74) is 9.38. The van der Waals surface area contributed by atoms with Crippen LogP contribution in [-0.4, -0.2) is 31.2 Å². The number of anilines is 1. The second kappa shape index (κ2) is 4.64. The van der Waals surface area contributed by atoms with Crippen LogP contribution in [0.3, 0.4) is 0 Å². The summed E-state index contributed by atoms with van der Waals surface area (Å²) < 4.78 is 5.32. The Morgan fingerprint density at radius 1 is 1.33 bits per heavy atom. The average Bonchev–Trinajstić information content (AvgIpc) is 2.26. The number of hydrogen-bond acceptors (Lipinski definition) is 3. The van der Waals surface area contributed by atoms with Gasteiger partial charge in [-0.05, 0) is 18.1 Å². The number of rotatable bonds is 2. The van der Waals surface area contributed by atoms with E-state index in [2.05, 4.69) is 30.0 Å². The van der Waals surface area contributed by atoms with Gasteiger partial charge in [-0.2, -0.15) is 0 Å². The molecule has 0 spiro atoms. The molecule has 0 unspecified atom stereocenters. The molecule has 1 aromatic rings. The number of nitrogen functional groups attached to an aromatic ring is 1. The van der Waals surface area contributed by atoms with Crippen LogP contribution in [0, 0.1) is 6.92 Å². The van der Waals surface area contributed by atoms with Crippen LogP contribution in [-0.2, 0) is 11.3 Å². The maximum absolute atomic E-state index is 6.04. The maximum atomic E-state index is 6.04. The van der Waals surface area contributed by atoms with Crippen LogP contribution in [0.2, 0.25) is 0 Å². The topological polar surface area (TPSA) is 38.5 Å². The van der Waals surface area contributed by atoms with Gasteiger partial charge in [0.1, 0.15) is 0 Å². The van der Waals surface area contributed by atoms with Crippen LogP contribution in [0.5, 0.6) is 0 Å². The fraction of sp³-hybridized carbons (Fsp3) is 0.500. The number of para-hydroxylation sites is 1. The van der Waals surface area contributed by atoms with E-state index in [1.165, 1.54) is 11.1 Å². The van der Waals surface area contributed by atoms with Gasteiger partial charge in [0.25, 0.3) is 0 Å². The highest BCUT2D eigenvalue weighted by atomic mass is 16.5. The van der Waals surface area contributed by atoms with Crippen molar-refractivity contribution >= 4 is 5.69 Å². The van der Waals surface area contributed by atoms with Gasteiger partial charge in [-0.15, -0.1) is 0 Å². The number of benzene rings is 1. The van der Waals surface area contributed by atoms with Crippen molar-refractivity contribution in [3.8, 4) is 0 Å². The van der Waals surface area contributed by atoms with Crippen LogP contribution in [0.4, 0.5) is 5.69 Å². The highest BCUT2D eigenvalue weighted by Gasteiger charge is 2.12. The van der Waals surface area contributed by atoms with E-state index in [9.17, 15) is 0 Å². The lowest BCUT2D eigenvalue weighted by molar-refractivity contribution is 0.0343. The molecule has 0 amide bonds. The van der Waals surface area contributed by atoms with Crippen LogP contribution in [0.15, 0.2) is 18.2 Å². The average molecular weight is 206 g/mol. The molecule has 82 valence electrons. The summed E-state index contributed by atoms with van der Waals surface area (Å²) >= 11 is 0. The Hall–Kier alpha value is -1.06. The van der Waals surface area contributed by atoms with Crippen molar-refractivity contribution in [2.45, 2.75) is 13.5 Å². The van der Waals surface area contributed by atoms with E-state index in [1.54, 1.807) is 0 Å². The van der Waals surface area contributed by atoms with Gasteiger partial charge in [0, 0.05) is 25.3 Å². The van der Waals surface area contributed by atoms with Crippen molar-refractivity contribution in [1.82, 2.24) is 4.90 Å². The second-order valence-corrected chi connectivity index (χ2v) is 4.04. The molecular weight excluding hydrogens is 188 g/mol. The molecule has 1 aromatic carbocycles. The number of morpholine rings is 1. The fourth-order valence-electron chi connectivity index (χ4n) is 1.88. The van der Waals surface area contributed by atoms with Crippen LogP contribution in [0.1, 0.15) is 11.1 Å². The van der Waals surface area contributed by atoms with Gasteiger partial charge in [0.2, 0.25) is 0 Å². The monoisotopic (exact) mass is 206 g/mol. The van der Waals surface area contributed by atoms with Crippen molar-refractivity contribution in [2.75, 3.05) is 32.0 Å². The van der Waals surface area contributed by atoms with Crippen molar-refractivity contribution in [3.05, 3.63) is 29.3 Å². The van der Waals surface area contributed by atoms with Gasteiger partial charge in [0.05, 0.1) is 13.2 Å². The number of nitrogens with two attached hydrogens (primary N) is 1. The third kappa shape index (κ3) is 2.49. The van der Waals surface area contributed by atoms with Gasteiger partial charge < -0.3 is 10.5 Å². The van der Waals surface area contributed by atoms with E-state index in [0.717, 1.165) is 38.5 Å². The summed E-state index contributed by atoms with van der Waals surface area (Å²) in [5, 5.41) is 0. The Morgan fingerprint density at radius 3 is 2.80 bits per heavy atom. The first-order valence-corrected chi connectivity index (χ1v) is 5.41. The molecule has 0 radical (unpaired) electrons. The molecular formula is C12H18N2O. The highest BCUT2D eigenvalue weighted by Crippen LogP contribution is 2.18. The molecule has 0 bridgehead atoms. The van der Waals surface area contributed by atoms with Gasteiger partial charge in [0.15, 0.2) is 0 Å². The van der Waals surface area contributed by atoms with Crippen molar-refractivity contribution in [1.29, 1.82) is 0 Å². The quantitative estimate of drug-likeness (QED) is 0.744. The van der Waals surface area contributed by atoms with Crippen molar-refractivity contribution in [3.63, 3.8) is 0 Å². The fourth-order valence-corrected chi connectivity index (χ4v) is 1.88. The van der Waals surface area contributed by atoms with Gasteiger partial charge >= 0.3 is 0 Å². The summed E-state index contributed by atoms with van der Waals surface area (Å²) in [5.74, 6) is 0. The first-order chi connectivity index (χ1) is 7.27. The zero-order chi connectivity index (χ0) is 10.7. The molecule has 0 aliphatic carbocycles. The molecule has 0 saturated carbocycles. The van der Waals surface area contributed by atoms with E-state index in [1.807, 2.05) is 0 Å². The minimum atomic E-state index is 0.839.